The smallest absolute Gasteiger partial charge is 0.328 e. The number of nitriles is 1. The molecule has 174 valence electrons. The molecule has 1 aromatic carbocycles. The van der Waals surface area contributed by atoms with Gasteiger partial charge in [0.25, 0.3) is 0 Å². The van der Waals surface area contributed by atoms with Crippen LogP contribution in [0.5, 0.6) is 0 Å². The Hall–Kier alpha value is -3.21. The van der Waals surface area contributed by atoms with Gasteiger partial charge in [0.2, 0.25) is 11.8 Å². The summed E-state index contributed by atoms with van der Waals surface area (Å²) in [5, 5.41) is 14.4. The molecule has 1 aromatic rings. The number of aliphatic imine (C=N–C) groups is 1. The molecule has 2 N–H and O–H groups in total. The zero-order chi connectivity index (χ0) is 24.3. The molecule has 2 amide bonds. The van der Waals surface area contributed by atoms with E-state index in [2.05, 4.69) is 21.7 Å². The fourth-order valence-electron chi connectivity index (χ4n) is 2.92. The van der Waals surface area contributed by atoms with E-state index in [4.69, 9.17) is 10.00 Å². The first kappa shape index (κ1) is 26.8. The molecule has 32 heavy (non-hydrogen) atoms. The Morgan fingerprint density at radius 2 is 1.69 bits per heavy atom. The number of nitrogens with one attached hydrogen (secondary N) is 2. The summed E-state index contributed by atoms with van der Waals surface area (Å²) in [5.41, 5.74) is 1.31. The largest absolute Gasteiger partial charge is 0.464 e. The van der Waals surface area contributed by atoms with Gasteiger partial charge in [0, 0.05) is 6.21 Å². The van der Waals surface area contributed by atoms with Gasteiger partial charge in [-0.3, -0.25) is 14.6 Å². The van der Waals surface area contributed by atoms with E-state index in [9.17, 15) is 14.4 Å². The number of benzene rings is 1. The van der Waals surface area contributed by atoms with Gasteiger partial charge in [-0.1, -0.05) is 46.2 Å². The maximum absolute atomic E-state index is 13.0. The second-order valence-corrected chi connectivity index (χ2v) is 8.05. The van der Waals surface area contributed by atoms with Crippen LogP contribution < -0.4 is 10.6 Å². The zero-order valence-corrected chi connectivity index (χ0v) is 19.7. The number of esters is 1. The van der Waals surface area contributed by atoms with E-state index >= 15 is 0 Å². The van der Waals surface area contributed by atoms with Gasteiger partial charge in [-0.2, -0.15) is 5.26 Å². The molecule has 1 rings (SSSR count). The summed E-state index contributed by atoms with van der Waals surface area (Å²) < 4.78 is 4.93. The van der Waals surface area contributed by atoms with Crippen LogP contribution in [-0.2, 0) is 19.1 Å². The summed E-state index contributed by atoms with van der Waals surface area (Å²) in [6, 6.07) is 6.59. The summed E-state index contributed by atoms with van der Waals surface area (Å²) >= 11 is 0. The molecule has 0 fully saturated rings. The monoisotopic (exact) mass is 442 g/mol. The summed E-state index contributed by atoms with van der Waals surface area (Å²) in [4.78, 5) is 42.1. The topological polar surface area (TPSA) is 121 Å². The van der Waals surface area contributed by atoms with Crippen LogP contribution in [-0.4, -0.2) is 48.7 Å². The van der Waals surface area contributed by atoms with Crippen LogP contribution in [0.25, 0.3) is 0 Å². The van der Waals surface area contributed by atoms with E-state index < -0.39 is 30.0 Å². The first-order valence-electron chi connectivity index (χ1n) is 10.9. The molecule has 0 spiro atoms. The third-order valence-electron chi connectivity index (χ3n) is 5.12. The second kappa shape index (κ2) is 13.3. The predicted octanol–water partition coefficient (Wildman–Crippen LogP) is 2.60. The molecule has 0 saturated heterocycles. The molecule has 8 heteroatoms. The van der Waals surface area contributed by atoms with E-state index in [0.717, 1.165) is 5.56 Å². The Balaban J connectivity index is 2.96. The lowest BCUT2D eigenvalue weighted by Crippen LogP contribution is -2.55. The average Bonchev–Trinajstić information content (AvgIpc) is 2.77. The summed E-state index contributed by atoms with van der Waals surface area (Å²) in [6.07, 6.45) is 2.25. The highest BCUT2D eigenvalue weighted by Gasteiger charge is 2.31. The number of rotatable bonds is 11. The SMILES string of the molecule is CCOC(=O)[C@H](C)NC(=O)[C@@H](NC(=O)[C@@H](N=Cc1ccc(C#N)cc1)C(C)C)C(C)CC. The predicted molar refractivity (Wildman–Crippen MR) is 123 cm³/mol. The molecule has 0 aromatic heterocycles. The Morgan fingerprint density at radius 1 is 1.06 bits per heavy atom. The summed E-state index contributed by atoms with van der Waals surface area (Å²) in [6.45, 7) is 11.0. The van der Waals surface area contributed by atoms with Gasteiger partial charge < -0.3 is 15.4 Å². The van der Waals surface area contributed by atoms with Crippen LogP contribution in [0.1, 0.15) is 59.1 Å². The van der Waals surface area contributed by atoms with E-state index in [-0.39, 0.29) is 24.3 Å². The lowest BCUT2D eigenvalue weighted by Gasteiger charge is -2.27. The average molecular weight is 443 g/mol. The molecular weight excluding hydrogens is 408 g/mol. The number of carbonyl (C=O) groups is 3. The Bertz CT molecular complexity index is 843. The van der Waals surface area contributed by atoms with Crippen LogP contribution >= 0.6 is 0 Å². The fraction of sp³-hybridized carbons (Fsp3) is 0.542. The Morgan fingerprint density at radius 3 is 2.19 bits per heavy atom. The molecule has 0 aliphatic heterocycles. The number of nitrogens with zero attached hydrogens (tertiary/aromatic N) is 2. The van der Waals surface area contributed by atoms with Crippen LogP contribution in [0.3, 0.4) is 0 Å². The van der Waals surface area contributed by atoms with Gasteiger partial charge in [0.1, 0.15) is 18.1 Å². The van der Waals surface area contributed by atoms with Crippen molar-refractivity contribution >= 4 is 24.0 Å². The number of hydrogen-bond acceptors (Lipinski definition) is 6. The highest BCUT2D eigenvalue weighted by Crippen LogP contribution is 2.13. The van der Waals surface area contributed by atoms with Gasteiger partial charge >= 0.3 is 5.97 Å². The molecule has 0 aliphatic carbocycles. The van der Waals surface area contributed by atoms with Crippen molar-refractivity contribution in [2.75, 3.05) is 6.61 Å². The molecule has 0 heterocycles. The number of hydrogen-bond donors (Lipinski definition) is 2. The number of carbonyl (C=O) groups excluding carboxylic acids is 3. The van der Waals surface area contributed by atoms with Crippen molar-refractivity contribution in [3.63, 3.8) is 0 Å². The molecule has 1 unspecified atom stereocenters. The van der Waals surface area contributed by atoms with Crippen molar-refractivity contribution in [2.24, 2.45) is 16.8 Å². The zero-order valence-electron chi connectivity index (χ0n) is 19.7. The Labute approximate surface area is 190 Å². The fourth-order valence-corrected chi connectivity index (χ4v) is 2.92. The number of ether oxygens (including phenoxy) is 1. The second-order valence-electron chi connectivity index (χ2n) is 8.05. The van der Waals surface area contributed by atoms with Crippen molar-refractivity contribution in [1.82, 2.24) is 10.6 Å². The van der Waals surface area contributed by atoms with Crippen LogP contribution in [0.15, 0.2) is 29.3 Å². The lowest BCUT2D eigenvalue weighted by atomic mass is 9.96. The van der Waals surface area contributed by atoms with Crippen molar-refractivity contribution in [2.45, 2.75) is 66.1 Å². The minimum Gasteiger partial charge on any atom is -0.464 e. The van der Waals surface area contributed by atoms with Gasteiger partial charge in [-0.25, -0.2) is 4.79 Å². The third kappa shape index (κ3) is 8.14. The summed E-state index contributed by atoms with van der Waals surface area (Å²) in [7, 11) is 0. The molecule has 0 aliphatic rings. The molecule has 0 radical (unpaired) electrons. The molecule has 4 atom stereocenters. The highest BCUT2D eigenvalue weighted by molar-refractivity contribution is 5.93. The highest BCUT2D eigenvalue weighted by atomic mass is 16.5. The van der Waals surface area contributed by atoms with Gasteiger partial charge in [-0.05, 0) is 43.4 Å². The van der Waals surface area contributed by atoms with E-state index in [1.54, 1.807) is 44.3 Å². The van der Waals surface area contributed by atoms with Crippen molar-refractivity contribution < 1.29 is 19.1 Å². The van der Waals surface area contributed by atoms with E-state index in [0.29, 0.717) is 12.0 Å². The van der Waals surface area contributed by atoms with Gasteiger partial charge in [-0.15, -0.1) is 0 Å². The van der Waals surface area contributed by atoms with Gasteiger partial charge in [0.05, 0.1) is 18.2 Å². The van der Waals surface area contributed by atoms with Crippen molar-refractivity contribution in [1.29, 1.82) is 5.26 Å². The van der Waals surface area contributed by atoms with E-state index in [1.165, 1.54) is 0 Å². The minimum absolute atomic E-state index is 0.108. The Kier molecular flexibility index (Phi) is 11.1. The first-order chi connectivity index (χ1) is 15.1. The van der Waals surface area contributed by atoms with Crippen LogP contribution in [0, 0.1) is 23.2 Å². The number of amides is 2. The normalized spacial score (nSPS) is 14.8. The van der Waals surface area contributed by atoms with Crippen LogP contribution in [0.4, 0.5) is 0 Å². The van der Waals surface area contributed by atoms with Crippen molar-refractivity contribution in [3.05, 3.63) is 35.4 Å². The maximum Gasteiger partial charge on any atom is 0.328 e. The standard InChI is InChI=1S/C24H34N4O4/c1-7-16(5)21(23(30)27-17(6)24(31)32-8-2)28-22(29)20(15(3)4)26-14-19-11-9-18(13-25)10-12-19/h9-12,14-17,20-21H,7-8H2,1-6H3,(H,27,30)(H,28,29)/t16?,17-,20-,21-/m0/s1. The van der Waals surface area contributed by atoms with Gasteiger partial charge in [0.15, 0.2) is 0 Å². The van der Waals surface area contributed by atoms with Crippen molar-refractivity contribution in [3.8, 4) is 6.07 Å². The third-order valence-corrected chi connectivity index (χ3v) is 5.12. The summed E-state index contributed by atoms with van der Waals surface area (Å²) in [5.74, 6) is -1.59. The van der Waals surface area contributed by atoms with Crippen LogP contribution in [0.2, 0.25) is 0 Å². The molecular formula is C24H34N4O4. The minimum atomic E-state index is -0.818. The molecule has 0 bridgehead atoms. The quantitative estimate of drug-likeness (QED) is 0.403. The lowest BCUT2D eigenvalue weighted by molar-refractivity contribution is -0.147. The maximum atomic E-state index is 13.0. The first-order valence-corrected chi connectivity index (χ1v) is 10.9. The van der Waals surface area contributed by atoms with E-state index in [1.807, 2.05) is 27.7 Å². The molecule has 0 saturated carbocycles. The molecule has 8 nitrogen and oxygen atoms in total.